The van der Waals surface area contributed by atoms with Crippen LogP contribution in [0.1, 0.15) is 19.8 Å². The number of amides is 1. The SMILES string of the molecule is CCn1cc(NC(=O)C2(COC)CCNCC2)ccc1=O. The van der Waals surface area contributed by atoms with Crippen molar-refractivity contribution >= 4 is 11.6 Å². The topological polar surface area (TPSA) is 72.4 Å². The van der Waals surface area contributed by atoms with Gasteiger partial charge in [0.1, 0.15) is 0 Å². The lowest BCUT2D eigenvalue weighted by Crippen LogP contribution is -2.47. The average molecular weight is 293 g/mol. The number of aromatic nitrogens is 1. The molecule has 2 heterocycles. The molecule has 0 unspecified atom stereocenters. The Morgan fingerprint density at radius 2 is 2.14 bits per heavy atom. The molecule has 2 rings (SSSR count). The number of pyridine rings is 1. The van der Waals surface area contributed by atoms with Gasteiger partial charge in [0, 0.05) is 25.9 Å². The van der Waals surface area contributed by atoms with Crippen LogP contribution >= 0.6 is 0 Å². The first-order chi connectivity index (χ1) is 10.1. The molecule has 0 bridgehead atoms. The summed E-state index contributed by atoms with van der Waals surface area (Å²) in [6, 6.07) is 3.12. The third kappa shape index (κ3) is 3.51. The molecule has 1 aromatic rings. The van der Waals surface area contributed by atoms with Crippen molar-refractivity contribution in [2.75, 3.05) is 32.1 Å². The van der Waals surface area contributed by atoms with E-state index in [4.69, 9.17) is 4.74 Å². The standard InChI is InChI=1S/C15H23N3O3/c1-3-18-10-12(4-5-13(18)19)17-14(20)15(11-21-2)6-8-16-9-7-15/h4-5,10,16H,3,6-9,11H2,1-2H3,(H,17,20). The summed E-state index contributed by atoms with van der Waals surface area (Å²) in [7, 11) is 1.62. The van der Waals surface area contributed by atoms with Gasteiger partial charge in [0.15, 0.2) is 0 Å². The molecule has 6 nitrogen and oxygen atoms in total. The Labute approximate surface area is 124 Å². The van der Waals surface area contributed by atoms with Crippen molar-refractivity contribution in [1.29, 1.82) is 0 Å². The van der Waals surface area contributed by atoms with Crippen LogP contribution in [-0.4, -0.2) is 37.3 Å². The number of nitrogens with zero attached hydrogens (tertiary/aromatic N) is 1. The fourth-order valence-corrected chi connectivity index (χ4v) is 2.73. The normalized spacial score (nSPS) is 17.4. The second-order valence-corrected chi connectivity index (χ2v) is 5.46. The summed E-state index contributed by atoms with van der Waals surface area (Å²) in [5.41, 5.74) is 0.0899. The van der Waals surface area contributed by atoms with Crippen molar-refractivity contribution < 1.29 is 9.53 Å². The summed E-state index contributed by atoms with van der Waals surface area (Å²) in [5, 5.41) is 6.19. The van der Waals surface area contributed by atoms with Gasteiger partial charge in [-0.1, -0.05) is 0 Å². The maximum atomic E-state index is 12.7. The van der Waals surface area contributed by atoms with Crippen LogP contribution in [0.5, 0.6) is 0 Å². The van der Waals surface area contributed by atoms with Gasteiger partial charge in [-0.3, -0.25) is 9.59 Å². The molecular formula is C15H23N3O3. The first-order valence-corrected chi connectivity index (χ1v) is 7.33. The Hall–Kier alpha value is -1.66. The second kappa shape index (κ2) is 6.87. The molecule has 1 aromatic heterocycles. The van der Waals surface area contributed by atoms with Gasteiger partial charge in [0.05, 0.1) is 17.7 Å². The Balaban J connectivity index is 2.16. The first kappa shape index (κ1) is 15.7. The third-order valence-corrected chi connectivity index (χ3v) is 4.04. The molecule has 1 aliphatic heterocycles. The monoisotopic (exact) mass is 293 g/mol. The third-order valence-electron chi connectivity index (χ3n) is 4.04. The lowest BCUT2D eigenvalue weighted by Gasteiger charge is -2.35. The van der Waals surface area contributed by atoms with E-state index in [2.05, 4.69) is 10.6 Å². The van der Waals surface area contributed by atoms with Gasteiger partial charge < -0.3 is 19.9 Å². The molecule has 0 radical (unpaired) electrons. The number of ether oxygens (including phenoxy) is 1. The second-order valence-electron chi connectivity index (χ2n) is 5.46. The summed E-state index contributed by atoms with van der Waals surface area (Å²) in [6.45, 7) is 4.51. The maximum Gasteiger partial charge on any atom is 0.250 e. The van der Waals surface area contributed by atoms with Crippen molar-refractivity contribution in [1.82, 2.24) is 9.88 Å². The van der Waals surface area contributed by atoms with Crippen molar-refractivity contribution in [2.45, 2.75) is 26.3 Å². The summed E-state index contributed by atoms with van der Waals surface area (Å²) in [6.07, 6.45) is 3.18. The molecule has 0 aromatic carbocycles. The molecule has 0 saturated carbocycles. The van der Waals surface area contributed by atoms with Gasteiger partial charge in [-0.25, -0.2) is 0 Å². The number of carbonyl (C=O) groups is 1. The van der Waals surface area contributed by atoms with Crippen LogP contribution in [0.15, 0.2) is 23.1 Å². The predicted octanol–water partition coefficient (Wildman–Crippen LogP) is 0.823. The minimum Gasteiger partial charge on any atom is -0.384 e. The van der Waals surface area contributed by atoms with E-state index in [0.717, 1.165) is 25.9 Å². The zero-order valence-electron chi connectivity index (χ0n) is 12.6. The van der Waals surface area contributed by atoms with E-state index in [-0.39, 0.29) is 11.5 Å². The number of hydrogen-bond acceptors (Lipinski definition) is 4. The van der Waals surface area contributed by atoms with Crippen LogP contribution in [0.25, 0.3) is 0 Å². The molecule has 6 heteroatoms. The average Bonchev–Trinajstić information content (AvgIpc) is 2.50. The number of carbonyl (C=O) groups excluding carboxylic acids is 1. The van der Waals surface area contributed by atoms with Crippen LogP contribution in [0.2, 0.25) is 0 Å². The Kier molecular flexibility index (Phi) is 5.14. The van der Waals surface area contributed by atoms with Crippen molar-refractivity contribution in [2.24, 2.45) is 5.41 Å². The molecule has 1 fully saturated rings. The van der Waals surface area contributed by atoms with Crippen LogP contribution < -0.4 is 16.2 Å². The fraction of sp³-hybridized carbons (Fsp3) is 0.600. The van der Waals surface area contributed by atoms with Gasteiger partial charge in [-0.15, -0.1) is 0 Å². The molecule has 0 aliphatic carbocycles. The zero-order valence-corrected chi connectivity index (χ0v) is 12.6. The van der Waals surface area contributed by atoms with Gasteiger partial charge in [0.2, 0.25) is 5.91 Å². The number of rotatable bonds is 5. The molecule has 0 atom stereocenters. The van der Waals surface area contributed by atoms with E-state index >= 15 is 0 Å². The number of methoxy groups -OCH3 is 1. The zero-order chi connectivity index (χ0) is 15.3. The minimum absolute atomic E-state index is 0.0350. The molecule has 1 aliphatic rings. The van der Waals surface area contributed by atoms with Crippen molar-refractivity contribution in [3.05, 3.63) is 28.7 Å². The lowest BCUT2D eigenvalue weighted by atomic mass is 9.78. The quantitative estimate of drug-likeness (QED) is 0.843. The first-order valence-electron chi connectivity index (χ1n) is 7.33. The Morgan fingerprint density at radius 3 is 2.76 bits per heavy atom. The number of aryl methyl sites for hydroxylation is 1. The maximum absolute atomic E-state index is 12.7. The van der Waals surface area contributed by atoms with Crippen molar-refractivity contribution in [3.63, 3.8) is 0 Å². The van der Waals surface area contributed by atoms with E-state index in [1.807, 2.05) is 6.92 Å². The van der Waals surface area contributed by atoms with Gasteiger partial charge in [-0.05, 0) is 38.9 Å². The van der Waals surface area contributed by atoms with E-state index < -0.39 is 5.41 Å². The van der Waals surface area contributed by atoms with Crippen molar-refractivity contribution in [3.8, 4) is 0 Å². The summed E-state index contributed by atoms with van der Waals surface area (Å²) in [5.74, 6) is -0.0350. The van der Waals surface area contributed by atoms with E-state index in [0.29, 0.717) is 18.8 Å². The molecule has 1 amide bonds. The Bertz CT molecular complexity index is 542. The number of anilines is 1. The summed E-state index contributed by atoms with van der Waals surface area (Å²) >= 11 is 0. The highest BCUT2D eigenvalue weighted by Crippen LogP contribution is 2.30. The van der Waals surface area contributed by atoms with Gasteiger partial charge in [0.25, 0.3) is 5.56 Å². The summed E-state index contributed by atoms with van der Waals surface area (Å²) < 4.78 is 6.83. The number of hydrogen-bond donors (Lipinski definition) is 2. The molecule has 116 valence electrons. The highest BCUT2D eigenvalue weighted by atomic mass is 16.5. The van der Waals surface area contributed by atoms with E-state index in [1.54, 1.807) is 23.9 Å². The minimum atomic E-state index is -0.493. The van der Waals surface area contributed by atoms with Crippen LogP contribution in [0, 0.1) is 5.41 Å². The highest BCUT2D eigenvalue weighted by Gasteiger charge is 2.39. The molecule has 2 N–H and O–H groups in total. The number of nitrogens with one attached hydrogen (secondary N) is 2. The van der Waals surface area contributed by atoms with E-state index in [9.17, 15) is 9.59 Å². The van der Waals surface area contributed by atoms with Crippen LogP contribution in [0.3, 0.4) is 0 Å². The smallest absolute Gasteiger partial charge is 0.250 e. The molecule has 1 saturated heterocycles. The lowest BCUT2D eigenvalue weighted by molar-refractivity contribution is -0.130. The van der Waals surface area contributed by atoms with Crippen LogP contribution in [-0.2, 0) is 16.1 Å². The predicted molar refractivity (Wildman–Crippen MR) is 81.4 cm³/mol. The summed E-state index contributed by atoms with van der Waals surface area (Å²) in [4.78, 5) is 24.2. The van der Waals surface area contributed by atoms with E-state index in [1.165, 1.54) is 6.07 Å². The Morgan fingerprint density at radius 1 is 1.43 bits per heavy atom. The molecule has 21 heavy (non-hydrogen) atoms. The highest BCUT2D eigenvalue weighted by molar-refractivity contribution is 5.95. The van der Waals surface area contributed by atoms with Gasteiger partial charge in [-0.2, -0.15) is 0 Å². The number of piperidine rings is 1. The molecule has 0 spiro atoms. The fourth-order valence-electron chi connectivity index (χ4n) is 2.73. The van der Waals surface area contributed by atoms with Crippen LogP contribution in [0.4, 0.5) is 5.69 Å². The molecular weight excluding hydrogens is 270 g/mol. The largest absolute Gasteiger partial charge is 0.384 e. The van der Waals surface area contributed by atoms with Gasteiger partial charge >= 0.3 is 0 Å².